The second-order valence-electron chi connectivity index (χ2n) is 7.61. The van der Waals surface area contributed by atoms with Crippen molar-refractivity contribution in [3.05, 3.63) is 64.3 Å². The summed E-state index contributed by atoms with van der Waals surface area (Å²) in [7, 11) is -2.11. The molecular weight excluding hydrogens is 468 g/mol. The van der Waals surface area contributed by atoms with Gasteiger partial charge in [0.15, 0.2) is 15.6 Å². The molecule has 0 spiro atoms. The van der Waals surface area contributed by atoms with E-state index < -0.39 is 40.1 Å². The third kappa shape index (κ3) is 5.38. The number of aliphatic hydroxyl groups is 1. The molecule has 0 fully saturated rings. The minimum Gasteiger partial charge on any atom is -0.465 e. The Balaban J connectivity index is 1.81. The van der Waals surface area contributed by atoms with E-state index in [1.807, 2.05) is 19.1 Å². The van der Waals surface area contributed by atoms with E-state index in [1.54, 1.807) is 24.6 Å². The molecule has 1 aromatic heterocycles. The summed E-state index contributed by atoms with van der Waals surface area (Å²) in [6.45, 7) is 3.20. The summed E-state index contributed by atoms with van der Waals surface area (Å²) in [6.07, 6.45) is 0. The number of aryl methyl sites for hydroxylation is 2. The zero-order valence-electron chi connectivity index (χ0n) is 18.5. The van der Waals surface area contributed by atoms with Gasteiger partial charge in [-0.3, -0.25) is 9.59 Å². The van der Waals surface area contributed by atoms with Gasteiger partial charge in [-0.05, 0) is 55.3 Å². The van der Waals surface area contributed by atoms with Gasteiger partial charge in [-0.25, -0.2) is 8.42 Å². The topological polar surface area (TPSA) is 115 Å². The summed E-state index contributed by atoms with van der Waals surface area (Å²) in [5, 5.41) is 13.9. The van der Waals surface area contributed by atoms with Crippen LogP contribution in [0.4, 0.5) is 0 Å². The molecule has 0 aliphatic heterocycles. The van der Waals surface area contributed by atoms with Crippen LogP contribution in [0, 0.1) is 6.92 Å². The van der Waals surface area contributed by atoms with Gasteiger partial charge in [-0.15, -0.1) is 0 Å². The Morgan fingerprint density at radius 1 is 1.18 bits per heavy atom. The first-order chi connectivity index (χ1) is 15.6. The van der Waals surface area contributed by atoms with Crippen LogP contribution in [0.25, 0.3) is 10.9 Å². The van der Waals surface area contributed by atoms with Crippen LogP contribution in [0.1, 0.15) is 34.6 Å². The highest BCUT2D eigenvalue weighted by molar-refractivity contribution is 7.92. The van der Waals surface area contributed by atoms with E-state index in [4.69, 9.17) is 16.3 Å². The van der Waals surface area contributed by atoms with Crippen molar-refractivity contribution in [2.24, 2.45) is 7.05 Å². The molecule has 2 N–H and O–H groups in total. The van der Waals surface area contributed by atoms with E-state index >= 15 is 0 Å². The van der Waals surface area contributed by atoms with Crippen molar-refractivity contribution < 1.29 is 27.9 Å². The Bertz CT molecular complexity index is 1300. The van der Waals surface area contributed by atoms with Gasteiger partial charge in [0.25, 0.3) is 5.91 Å². The summed E-state index contributed by atoms with van der Waals surface area (Å²) in [4.78, 5) is 24.4. The SMILES string of the molecule is CCOC(=O)CS(=O)(=O)c1ccc(C(CO)NC(=O)c2cc3c(Cl)cc(C)cc3n2C)cc1. The highest BCUT2D eigenvalue weighted by Gasteiger charge is 2.23. The van der Waals surface area contributed by atoms with Gasteiger partial charge in [0, 0.05) is 12.4 Å². The zero-order valence-corrected chi connectivity index (χ0v) is 20.0. The lowest BCUT2D eigenvalue weighted by molar-refractivity contribution is -0.139. The first-order valence-corrected chi connectivity index (χ1v) is 12.3. The first kappa shape index (κ1) is 24.8. The molecule has 8 nitrogen and oxygen atoms in total. The molecular formula is C23H25ClN2O6S. The number of ether oxygens (including phenoxy) is 1. The number of amides is 1. The van der Waals surface area contributed by atoms with Gasteiger partial charge in [0.05, 0.1) is 34.7 Å². The van der Waals surface area contributed by atoms with Crippen molar-refractivity contribution in [3.8, 4) is 0 Å². The molecule has 1 heterocycles. The summed E-state index contributed by atoms with van der Waals surface area (Å²) in [5.74, 6) is -2.00. The molecule has 0 saturated heterocycles. The molecule has 3 rings (SSSR count). The number of nitrogens with one attached hydrogen (secondary N) is 1. The highest BCUT2D eigenvalue weighted by atomic mass is 35.5. The number of hydrogen-bond donors (Lipinski definition) is 2. The lowest BCUT2D eigenvalue weighted by Gasteiger charge is -2.17. The summed E-state index contributed by atoms with van der Waals surface area (Å²) < 4.78 is 31.2. The molecule has 10 heteroatoms. The van der Waals surface area contributed by atoms with Crippen molar-refractivity contribution in [2.45, 2.75) is 24.8 Å². The maximum atomic E-state index is 12.9. The normalized spacial score (nSPS) is 12.5. The smallest absolute Gasteiger partial charge is 0.321 e. The van der Waals surface area contributed by atoms with E-state index in [9.17, 15) is 23.1 Å². The highest BCUT2D eigenvalue weighted by Crippen LogP contribution is 2.28. The second-order valence-corrected chi connectivity index (χ2v) is 10.0. The van der Waals surface area contributed by atoms with Gasteiger partial charge < -0.3 is 19.7 Å². The van der Waals surface area contributed by atoms with E-state index in [1.165, 1.54) is 24.3 Å². The Labute approximate surface area is 197 Å². The number of aliphatic hydroxyl groups excluding tert-OH is 1. The fourth-order valence-electron chi connectivity index (χ4n) is 3.55. The van der Waals surface area contributed by atoms with Crippen LogP contribution >= 0.6 is 11.6 Å². The molecule has 0 aliphatic carbocycles. The van der Waals surface area contributed by atoms with Crippen molar-refractivity contribution in [3.63, 3.8) is 0 Å². The maximum Gasteiger partial charge on any atom is 0.321 e. The third-order valence-corrected chi connectivity index (χ3v) is 7.15. The van der Waals surface area contributed by atoms with Gasteiger partial charge in [0.1, 0.15) is 5.69 Å². The van der Waals surface area contributed by atoms with E-state index in [-0.39, 0.29) is 11.5 Å². The molecule has 0 bridgehead atoms. The number of rotatable bonds is 8. The number of fused-ring (bicyclic) bond motifs is 1. The number of hydrogen-bond acceptors (Lipinski definition) is 6. The molecule has 1 atom stereocenters. The van der Waals surface area contributed by atoms with Crippen molar-refractivity contribution in [1.82, 2.24) is 9.88 Å². The van der Waals surface area contributed by atoms with Crippen LogP contribution in [0.15, 0.2) is 47.4 Å². The van der Waals surface area contributed by atoms with Gasteiger partial charge in [-0.1, -0.05) is 23.7 Å². The number of benzene rings is 2. The third-order valence-electron chi connectivity index (χ3n) is 5.23. The minimum atomic E-state index is -3.87. The summed E-state index contributed by atoms with van der Waals surface area (Å²) in [5.41, 5.74) is 2.65. The number of nitrogens with zero attached hydrogens (tertiary/aromatic N) is 1. The maximum absolute atomic E-state index is 12.9. The monoisotopic (exact) mass is 492 g/mol. The van der Waals surface area contributed by atoms with Crippen molar-refractivity contribution >= 4 is 44.2 Å². The Kier molecular flexibility index (Phi) is 7.46. The molecule has 3 aromatic rings. The Hall–Kier alpha value is -2.88. The molecule has 1 unspecified atom stereocenters. The molecule has 1 amide bonds. The number of esters is 1. The predicted molar refractivity (Wildman–Crippen MR) is 125 cm³/mol. The standard InChI is InChI=1S/C23H25ClN2O6S/c1-4-32-22(28)13-33(30,31)16-7-5-15(6-8-16)19(12-27)25-23(29)21-11-17-18(24)9-14(2)10-20(17)26(21)3/h5-11,19,27H,4,12-13H2,1-3H3,(H,25,29). The Morgan fingerprint density at radius 2 is 1.85 bits per heavy atom. The van der Waals surface area contributed by atoms with Crippen LogP contribution in [-0.2, 0) is 26.4 Å². The number of carbonyl (C=O) groups excluding carboxylic acids is 2. The van der Waals surface area contributed by atoms with Crippen LogP contribution in [0.2, 0.25) is 5.02 Å². The second kappa shape index (κ2) is 9.94. The largest absolute Gasteiger partial charge is 0.465 e. The van der Waals surface area contributed by atoms with E-state index in [0.29, 0.717) is 16.3 Å². The lowest BCUT2D eigenvalue weighted by atomic mass is 10.1. The lowest BCUT2D eigenvalue weighted by Crippen LogP contribution is -2.32. The molecule has 176 valence electrons. The van der Waals surface area contributed by atoms with Gasteiger partial charge in [-0.2, -0.15) is 0 Å². The summed E-state index contributed by atoms with van der Waals surface area (Å²) >= 11 is 6.32. The van der Waals surface area contributed by atoms with Crippen LogP contribution in [0.3, 0.4) is 0 Å². The number of halogens is 1. The van der Waals surface area contributed by atoms with Gasteiger partial charge >= 0.3 is 5.97 Å². The minimum absolute atomic E-state index is 0.0546. The van der Waals surface area contributed by atoms with Crippen molar-refractivity contribution in [1.29, 1.82) is 0 Å². The zero-order chi connectivity index (χ0) is 24.3. The Morgan fingerprint density at radius 3 is 2.45 bits per heavy atom. The van der Waals surface area contributed by atoms with E-state index in [2.05, 4.69) is 5.32 Å². The average molecular weight is 493 g/mol. The molecule has 0 aliphatic rings. The number of sulfone groups is 1. The van der Waals surface area contributed by atoms with Crippen LogP contribution < -0.4 is 5.32 Å². The van der Waals surface area contributed by atoms with E-state index in [0.717, 1.165) is 16.5 Å². The van der Waals surface area contributed by atoms with Gasteiger partial charge in [0.2, 0.25) is 0 Å². The average Bonchev–Trinajstić information content (AvgIpc) is 3.08. The fraction of sp³-hybridized carbons (Fsp3) is 0.304. The first-order valence-electron chi connectivity index (χ1n) is 10.2. The molecule has 2 aromatic carbocycles. The molecule has 0 radical (unpaired) electrons. The number of carbonyl (C=O) groups is 2. The van der Waals surface area contributed by atoms with Crippen molar-refractivity contribution in [2.75, 3.05) is 19.0 Å². The van der Waals surface area contributed by atoms with Crippen LogP contribution in [0.5, 0.6) is 0 Å². The quantitative estimate of drug-likeness (QED) is 0.467. The molecule has 33 heavy (non-hydrogen) atoms. The van der Waals surface area contributed by atoms with Crippen LogP contribution in [-0.4, -0.2) is 48.9 Å². The summed E-state index contributed by atoms with van der Waals surface area (Å²) in [6, 6.07) is 10.3. The number of aromatic nitrogens is 1. The molecule has 0 saturated carbocycles. The predicted octanol–water partition coefficient (Wildman–Crippen LogP) is 2.94. The fourth-order valence-corrected chi connectivity index (χ4v) is 4.99.